The summed E-state index contributed by atoms with van der Waals surface area (Å²) in [6.45, 7) is 10.7. The monoisotopic (exact) mass is 495 g/mol. The van der Waals surface area contributed by atoms with Gasteiger partial charge in [-0.15, -0.1) is 0 Å². The summed E-state index contributed by atoms with van der Waals surface area (Å²) in [6.07, 6.45) is 1.85. The molecule has 1 fully saturated rings. The third kappa shape index (κ3) is 6.23. The van der Waals surface area contributed by atoms with Crippen LogP contribution in [-0.4, -0.2) is 52.0 Å². The second-order valence-electron chi connectivity index (χ2n) is 9.45. The maximum Gasteiger partial charge on any atom is 0.274 e. The van der Waals surface area contributed by atoms with Crippen LogP contribution in [0, 0.1) is 0 Å². The lowest BCUT2D eigenvalue weighted by molar-refractivity contribution is 0.0674. The topological polar surface area (TPSA) is 80.2 Å². The molecule has 0 bridgehead atoms. The van der Waals surface area contributed by atoms with Gasteiger partial charge in [-0.1, -0.05) is 82.2 Å². The van der Waals surface area contributed by atoms with E-state index in [1.807, 2.05) is 26.0 Å². The molecule has 1 aromatic carbocycles. The maximum atomic E-state index is 13.6. The van der Waals surface area contributed by atoms with Crippen LogP contribution in [0.4, 0.5) is 0 Å². The molecule has 0 N–H and O–H groups in total. The molecule has 9 heteroatoms. The number of hydrogen-bond donors (Lipinski definition) is 0. The molecule has 1 amide bonds. The number of halogens is 1. The summed E-state index contributed by atoms with van der Waals surface area (Å²) in [6, 6.07) is 7.68. The Kier molecular flexibility index (Phi) is 7.57. The van der Waals surface area contributed by atoms with Gasteiger partial charge in [0, 0.05) is 17.8 Å². The van der Waals surface area contributed by atoms with Crippen LogP contribution in [0.2, 0.25) is 5.02 Å². The fourth-order valence-corrected chi connectivity index (χ4v) is 6.18. The van der Waals surface area contributed by atoms with Gasteiger partial charge in [-0.2, -0.15) is 0 Å². The van der Waals surface area contributed by atoms with E-state index in [0.717, 1.165) is 5.56 Å². The SMILES string of the molecule is CC(C)Sc1ncc(Cl)c(C(=O)N(Cc2ccc(C(C)(C)C)cc2)C2CCS(=O)(=O)C2)n1. The zero-order valence-electron chi connectivity index (χ0n) is 19.1. The molecule has 1 unspecified atom stereocenters. The summed E-state index contributed by atoms with van der Waals surface area (Å²) in [5.41, 5.74) is 2.25. The van der Waals surface area contributed by atoms with E-state index in [1.54, 1.807) is 4.90 Å². The zero-order valence-corrected chi connectivity index (χ0v) is 21.5. The molecule has 1 aliphatic rings. The highest BCUT2D eigenvalue weighted by Crippen LogP contribution is 2.27. The number of sulfone groups is 1. The molecule has 0 spiro atoms. The minimum atomic E-state index is -3.17. The van der Waals surface area contributed by atoms with E-state index < -0.39 is 15.9 Å². The Morgan fingerprint density at radius 2 is 1.91 bits per heavy atom. The number of thioether (sulfide) groups is 1. The van der Waals surface area contributed by atoms with Crippen molar-refractivity contribution in [3.8, 4) is 0 Å². The van der Waals surface area contributed by atoms with Gasteiger partial charge in [0.2, 0.25) is 0 Å². The molecule has 1 aromatic heterocycles. The number of rotatable bonds is 6. The predicted molar refractivity (Wildman–Crippen MR) is 130 cm³/mol. The summed E-state index contributed by atoms with van der Waals surface area (Å²) in [5.74, 6) is -0.337. The largest absolute Gasteiger partial charge is 0.329 e. The normalized spacial score (nSPS) is 18.2. The number of benzene rings is 1. The van der Waals surface area contributed by atoms with Gasteiger partial charge in [0.15, 0.2) is 20.7 Å². The second-order valence-corrected chi connectivity index (χ2v) is 13.6. The van der Waals surface area contributed by atoms with Crippen LogP contribution in [0.1, 0.15) is 62.7 Å². The molecular weight excluding hydrogens is 466 g/mol. The first kappa shape index (κ1) is 25.0. The summed E-state index contributed by atoms with van der Waals surface area (Å²) in [7, 11) is -3.17. The average molecular weight is 496 g/mol. The Balaban J connectivity index is 1.94. The molecule has 0 radical (unpaired) electrons. The lowest BCUT2D eigenvalue weighted by Crippen LogP contribution is -2.41. The molecule has 1 aliphatic heterocycles. The minimum absolute atomic E-state index is 0.0204. The fraction of sp³-hybridized carbons (Fsp3) is 0.522. The van der Waals surface area contributed by atoms with Crippen molar-refractivity contribution in [2.45, 2.75) is 69.4 Å². The van der Waals surface area contributed by atoms with E-state index in [9.17, 15) is 13.2 Å². The van der Waals surface area contributed by atoms with Crippen molar-refractivity contribution in [1.82, 2.24) is 14.9 Å². The lowest BCUT2D eigenvalue weighted by atomic mass is 9.86. The molecule has 2 aromatic rings. The van der Waals surface area contributed by atoms with Crippen molar-refractivity contribution < 1.29 is 13.2 Å². The lowest BCUT2D eigenvalue weighted by Gasteiger charge is -2.29. The van der Waals surface area contributed by atoms with Crippen molar-refractivity contribution in [3.63, 3.8) is 0 Å². The summed E-state index contributed by atoms with van der Waals surface area (Å²) in [5, 5.41) is 0.884. The van der Waals surface area contributed by atoms with Crippen molar-refractivity contribution in [1.29, 1.82) is 0 Å². The van der Waals surface area contributed by atoms with E-state index in [-0.39, 0.29) is 45.3 Å². The standard InChI is InChI=1S/C23H30ClN3O3S2/c1-15(2)31-22-25-12-19(24)20(26-22)21(28)27(18-10-11-32(29,30)14-18)13-16-6-8-17(9-7-16)23(3,4)5/h6-9,12,15,18H,10-11,13-14H2,1-5H3. The Labute approximate surface area is 200 Å². The summed E-state index contributed by atoms with van der Waals surface area (Å²) < 4.78 is 24.3. The van der Waals surface area contributed by atoms with Crippen LogP contribution in [0.3, 0.4) is 0 Å². The average Bonchev–Trinajstić information content (AvgIpc) is 3.06. The van der Waals surface area contributed by atoms with Gasteiger partial charge in [0.1, 0.15) is 0 Å². The van der Waals surface area contributed by atoms with Gasteiger partial charge >= 0.3 is 0 Å². The van der Waals surface area contributed by atoms with Crippen molar-refractivity contribution in [2.24, 2.45) is 0 Å². The van der Waals surface area contributed by atoms with Gasteiger partial charge in [-0.3, -0.25) is 4.79 Å². The molecule has 1 atom stereocenters. The first-order chi connectivity index (χ1) is 14.9. The molecule has 0 aliphatic carbocycles. The van der Waals surface area contributed by atoms with Crippen molar-refractivity contribution >= 4 is 39.1 Å². The second kappa shape index (κ2) is 9.69. The summed E-state index contributed by atoms with van der Waals surface area (Å²) >= 11 is 7.75. The van der Waals surface area contributed by atoms with Gasteiger partial charge in [-0.25, -0.2) is 18.4 Å². The van der Waals surface area contributed by atoms with Crippen LogP contribution in [0.5, 0.6) is 0 Å². The van der Waals surface area contributed by atoms with Crippen LogP contribution in [0.15, 0.2) is 35.6 Å². The summed E-state index contributed by atoms with van der Waals surface area (Å²) in [4.78, 5) is 23.8. The molecule has 32 heavy (non-hydrogen) atoms. The van der Waals surface area contributed by atoms with Crippen LogP contribution in [-0.2, 0) is 21.8 Å². The highest BCUT2D eigenvalue weighted by molar-refractivity contribution is 7.99. The smallest absolute Gasteiger partial charge is 0.274 e. The first-order valence-electron chi connectivity index (χ1n) is 10.7. The third-order valence-electron chi connectivity index (χ3n) is 5.35. The molecule has 2 heterocycles. The Hall–Kier alpha value is -1.64. The number of hydrogen-bond acceptors (Lipinski definition) is 6. The molecule has 0 saturated carbocycles. The Bertz CT molecular complexity index is 1080. The maximum absolute atomic E-state index is 13.6. The van der Waals surface area contributed by atoms with Gasteiger partial charge in [0.05, 0.1) is 22.7 Å². The molecule has 6 nitrogen and oxygen atoms in total. The third-order valence-corrected chi connectivity index (χ3v) is 8.25. The molecule has 3 rings (SSSR count). The predicted octanol–water partition coefficient (Wildman–Crippen LogP) is 4.76. The molecule has 1 saturated heterocycles. The van der Waals surface area contributed by atoms with Gasteiger partial charge in [0.25, 0.3) is 5.91 Å². The number of carbonyl (C=O) groups is 1. The van der Waals surface area contributed by atoms with Crippen LogP contribution < -0.4 is 0 Å². The van der Waals surface area contributed by atoms with Crippen LogP contribution in [0.25, 0.3) is 0 Å². The van der Waals surface area contributed by atoms with Gasteiger partial charge in [-0.05, 0) is 23.0 Å². The highest BCUT2D eigenvalue weighted by Gasteiger charge is 2.36. The quantitative estimate of drug-likeness (QED) is 0.424. The zero-order chi connectivity index (χ0) is 23.7. The molecule has 174 valence electrons. The number of amides is 1. The van der Waals surface area contributed by atoms with E-state index in [4.69, 9.17) is 11.6 Å². The van der Waals surface area contributed by atoms with E-state index in [2.05, 4.69) is 42.9 Å². The number of aromatic nitrogens is 2. The van der Waals surface area contributed by atoms with E-state index in [1.165, 1.54) is 23.5 Å². The molecular formula is C23H30ClN3O3S2. The van der Waals surface area contributed by atoms with E-state index in [0.29, 0.717) is 11.6 Å². The number of carbonyl (C=O) groups excluding carboxylic acids is 1. The first-order valence-corrected chi connectivity index (χ1v) is 13.7. The fourth-order valence-electron chi connectivity index (χ4n) is 3.60. The Morgan fingerprint density at radius 1 is 1.25 bits per heavy atom. The Morgan fingerprint density at radius 3 is 2.44 bits per heavy atom. The van der Waals surface area contributed by atoms with Crippen LogP contribution >= 0.6 is 23.4 Å². The van der Waals surface area contributed by atoms with Crippen molar-refractivity contribution in [3.05, 3.63) is 52.3 Å². The number of nitrogens with zero attached hydrogens (tertiary/aromatic N) is 3. The highest BCUT2D eigenvalue weighted by atomic mass is 35.5. The minimum Gasteiger partial charge on any atom is -0.329 e. The van der Waals surface area contributed by atoms with E-state index >= 15 is 0 Å². The van der Waals surface area contributed by atoms with Gasteiger partial charge < -0.3 is 4.90 Å². The van der Waals surface area contributed by atoms with Crippen molar-refractivity contribution in [2.75, 3.05) is 11.5 Å².